The molecular formula is C10H16N2O2. The van der Waals surface area contributed by atoms with Gasteiger partial charge in [-0.05, 0) is 12.1 Å². The number of nitrogens with two attached hydrogens (primary N) is 1. The Morgan fingerprint density at radius 1 is 1.50 bits per heavy atom. The Morgan fingerprint density at radius 2 is 2.36 bits per heavy atom. The lowest BCUT2D eigenvalue weighted by Gasteiger charge is -2.07. The maximum absolute atomic E-state index is 9.09. The molecule has 14 heavy (non-hydrogen) atoms. The summed E-state index contributed by atoms with van der Waals surface area (Å²) in [4.78, 5) is 4.15. The maximum atomic E-state index is 9.09. The van der Waals surface area contributed by atoms with Crippen molar-refractivity contribution in [1.82, 2.24) is 4.98 Å². The molecular weight excluding hydrogens is 180 g/mol. The normalized spacial score (nSPS) is 12.7. The van der Waals surface area contributed by atoms with Crippen LogP contribution in [-0.2, 0) is 11.2 Å². The van der Waals surface area contributed by atoms with Gasteiger partial charge in [-0.3, -0.25) is 4.98 Å². The van der Waals surface area contributed by atoms with Gasteiger partial charge in [0.25, 0.3) is 0 Å². The van der Waals surface area contributed by atoms with Gasteiger partial charge in [0.15, 0.2) is 0 Å². The number of aromatic nitrogens is 1. The quantitative estimate of drug-likeness (QED) is 0.626. The molecule has 4 nitrogen and oxygen atoms in total. The van der Waals surface area contributed by atoms with Crippen LogP contribution in [0.4, 0.5) is 0 Å². The third-order valence-electron chi connectivity index (χ3n) is 1.81. The summed E-state index contributed by atoms with van der Waals surface area (Å²) >= 11 is 0. The number of ether oxygens (including phenoxy) is 1. The van der Waals surface area contributed by atoms with E-state index in [2.05, 4.69) is 4.98 Å². The van der Waals surface area contributed by atoms with E-state index in [-0.39, 0.29) is 6.54 Å². The lowest BCUT2D eigenvalue weighted by molar-refractivity contribution is 0.0425. The molecule has 1 atom stereocenters. The molecule has 0 aliphatic heterocycles. The average molecular weight is 196 g/mol. The zero-order chi connectivity index (χ0) is 10.2. The van der Waals surface area contributed by atoms with Crippen molar-refractivity contribution in [2.45, 2.75) is 12.5 Å². The van der Waals surface area contributed by atoms with Gasteiger partial charge in [0.2, 0.25) is 0 Å². The molecule has 0 saturated heterocycles. The van der Waals surface area contributed by atoms with Crippen molar-refractivity contribution in [2.75, 3.05) is 19.8 Å². The van der Waals surface area contributed by atoms with E-state index in [1.807, 2.05) is 18.2 Å². The molecule has 1 aromatic heterocycles. The minimum atomic E-state index is -0.557. The number of hydrogen-bond donors (Lipinski definition) is 2. The third-order valence-corrected chi connectivity index (χ3v) is 1.81. The van der Waals surface area contributed by atoms with Gasteiger partial charge in [-0.25, -0.2) is 0 Å². The fourth-order valence-electron chi connectivity index (χ4n) is 1.01. The van der Waals surface area contributed by atoms with Crippen LogP contribution in [0.25, 0.3) is 0 Å². The van der Waals surface area contributed by atoms with Gasteiger partial charge in [-0.1, -0.05) is 6.07 Å². The van der Waals surface area contributed by atoms with E-state index in [4.69, 9.17) is 15.6 Å². The second kappa shape index (κ2) is 6.48. The molecule has 0 spiro atoms. The second-order valence-corrected chi connectivity index (χ2v) is 3.04. The summed E-state index contributed by atoms with van der Waals surface area (Å²) in [5.41, 5.74) is 6.22. The van der Waals surface area contributed by atoms with Gasteiger partial charge >= 0.3 is 0 Å². The topological polar surface area (TPSA) is 68.4 Å². The molecule has 1 heterocycles. The average Bonchev–Trinajstić information content (AvgIpc) is 2.25. The predicted octanol–water partition coefficient (Wildman–Crippen LogP) is -0.0397. The smallest absolute Gasteiger partial charge is 0.0895 e. The Bertz CT molecular complexity index is 241. The van der Waals surface area contributed by atoms with Gasteiger partial charge in [0, 0.05) is 24.9 Å². The number of aliphatic hydroxyl groups excluding tert-OH is 1. The predicted molar refractivity (Wildman–Crippen MR) is 53.8 cm³/mol. The van der Waals surface area contributed by atoms with Crippen LogP contribution in [0.2, 0.25) is 0 Å². The highest BCUT2D eigenvalue weighted by Gasteiger charge is 2.00. The highest BCUT2D eigenvalue weighted by molar-refractivity contribution is 5.03. The van der Waals surface area contributed by atoms with Crippen molar-refractivity contribution >= 4 is 0 Å². The Hall–Kier alpha value is -0.970. The van der Waals surface area contributed by atoms with E-state index in [0.717, 1.165) is 12.1 Å². The molecule has 4 heteroatoms. The largest absolute Gasteiger partial charge is 0.389 e. The minimum absolute atomic E-state index is 0.240. The number of hydrogen-bond acceptors (Lipinski definition) is 4. The summed E-state index contributed by atoms with van der Waals surface area (Å²) in [7, 11) is 0. The van der Waals surface area contributed by atoms with Gasteiger partial charge in [0.1, 0.15) is 0 Å². The first kappa shape index (κ1) is 11.1. The van der Waals surface area contributed by atoms with Crippen LogP contribution >= 0.6 is 0 Å². The fourth-order valence-corrected chi connectivity index (χ4v) is 1.01. The van der Waals surface area contributed by atoms with Crippen LogP contribution in [0.1, 0.15) is 5.69 Å². The number of pyridine rings is 1. The third kappa shape index (κ3) is 4.32. The first-order chi connectivity index (χ1) is 6.83. The van der Waals surface area contributed by atoms with Gasteiger partial charge < -0.3 is 15.6 Å². The van der Waals surface area contributed by atoms with E-state index in [1.165, 1.54) is 0 Å². The molecule has 1 aromatic rings. The van der Waals surface area contributed by atoms with Crippen LogP contribution in [0.15, 0.2) is 24.4 Å². The van der Waals surface area contributed by atoms with Gasteiger partial charge in [-0.15, -0.1) is 0 Å². The Balaban J connectivity index is 2.10. The fraction of sp³-hybridized carbons (Fsp3) is 0.500. The number of nitrogens with zero attached hydrogens (tertiary/aromatic N) is 1. The second-order valence-electron chi connectivity index (χ2n) is 3.04. The molecule has 78 valence electrons. The minimum Gasteiger partial charge on any atom is -0.389 e. The lowest BCUT2D eigenvalue weighted by Crippen LogP contribution is -2.25. The molecule has 0 saturated carbocycles. The molecule has 0 aliphatic rings. The summed E-state index contributed by atoms with van der Waals surface area (Å²) in [6.45, 7) is 1.10. The SMILES string of the molecule is NCC(O)COCCc1ccccn1. The number of rotatable bonds is 6. The highest BCUT2D eigenvalue weighted by atomic mass is 16.5. The summed E-state index contributed by atoms with van der Waals surface area (Å²) in [6, 6.07) is 5.77. The van der Waals surface area contributed by atoms with Crippen molar-refractivity contribution in [3.05, 3.63) is 30.1 Å². The van der Waals surface area contributed by atoms with Gasteiger partial charge in [0.05, 0.1) is 19.3 Å². The molecule has 0 fully saturated rings. The number of aliphatic hydroxyl groups is 1. The highest BCUT2D eigenvalue weighted by Crippen LogP contribution is 1.95. The van der Waals surface area contributed by atoms with Gasteiger partial charge in [-0.2, -0.15) is 0 Å². The van der Waals surface area contributed by atoms with Crippen LogP contribution in [0, 0.1) is 0 Å². The van der Waals surface area contributed by atoms with Crippen LogP contribution in [0.3, 0.4) is 0 Å². The maximum Gasteiger partial charge on any atom is 0.0895 e. The van der Waals surface area contributed by atoms with Crippen molar-refractivity contribution in [3.63, 3.8) is 0 Å². The first-order valence-corrected chi connectivity index (χ1v) is 4.68. The van der Waals surface area contributed by atoms with E-state index < -0.39 is 6.10 Å². The molecule has 0 amide bonds. The summed E-state index contributed by atoms with van der Waals surface area (Å²) in [5.74, 6) is 0. The zero-order valence-corrected chi connectivity index (χ0v) is 8.10. The molecule has 3 N–H and O–H groups in total. The Labute approximate surface area is 83.7 Å². The summed E-state index contributed by atoms with van der Waals surface area (Å²) in [6.07, 6.45) is 1.96. The van der Waals surface area contributed by atoms with E-state index in [0.29, 0.717) is 13.2 Å². The first-order valence-electron chi connectivity index (χ1n) is 4.68. The van der Waals surface area contributed by atoms with Crippen LogP contribution in [0.5, 0.6) is 0 Å². The van der Waals surface area contributed by atoms with E-state index >= 15 is 0 Å². The molecule has 0 aromatic carbocycles. The molecule has 0 bridgehead atoms. The Kier molecular flexibility index (Phi) is 5.14. The van der Waals surface area contributed by atoms with Crippen molar-refractivity contribution in [3.8, 4) is 0 Å². The van der Waals surface area contributed by atoms with Crippen molar-refractivity contribution in [2.24, 2.45) is 5.73 Å². The van der Waals surface area contributed by atoms with Crippen molar-refractivity contribution < 1.29 is 9.84 Å². The monoisotopic (exact) mass is 196 g/mol. The summed E-state index contributed by atoms with van der Waals surface area (Å²) < 4.78 is 5.22. The molecule has 1 rings (SSSR count). The molecule has 1 unspecified atom stereocenters. The van der Waals surface area contributed by atoms with E-state index in [9.17, 15) is 0 Å². The van der Waals surface area contributed by atoms with E-state index in [1.54, 1.807) is 6.20 Å². The Morgan fingerprint density at radius 3 is 3.00 bits per heavy atom. The lowest BCUT2D eigenvalue weighted by atomic mass is 10.3. The van der Waals surface area contributed by atoms with Crippen LogP contribution in [-0.4, -0.2) is 36.0 Å². The summed E-state index contributed by atoms with van der Waals surface area (Å²) in [5, 5.41) is 9.09. The zero-order valence-electron chi connectivity index (χ0n) is 8.10. The molecule has 0 aliphatic carbocycles. The standard InChI is InChI=1S/C10H16N2O2/c11-7-10(13)8-14-6-4-9-3-1-2-5-12-9/h1-3,5,10,13H,4,6-8,11H2. The van der Waals surface area contributed by atoms with Crippen LogP contribution < -0.4 is 5.73 Å². The molecule has 0 radical (unpaired) electrons. The van der Waals surface area contributed by atoms with Crippen molar-refractivity contribution in [1.29, 1.82) is 0 Å².